The molecule has 1 saturated heterocycles. The van der Waals surface area contributed by atoms with Gasteiger partial charge in [-0.1, -0.05) is 0 Å². The molecule has 0 aliphatic carbocycles. The van der Waals surface area contributed by atoms with Crippen molar-refractivity contribution >= 4 is 6.03 Å². The van der Waals surface area contributed by atoms with Crippen LogP contribution in [-0.4, -0.2) is 52.0 Å². The highest BCUT2D eigenvalue weighted by Crippen LogP contribution is 2.15. The Balaban J connectivity index is 1.89. The van der Waals surface area contributed by atoms with E-state index in [-0.39, 0.29) is 12.1 Å². The third-order valence-electron chi connectivity index (χ3n) is 3.65. The van der Waals surface area contributed by atoms with Crippen molar-refractivity contribution in [1.29, 1.82) is 0 Å². The summed E-state index contributed by atoms with van der Waals surface area (Å²) >= 11 is 0. The fraction of sp³-hybridized carbons (Fsp3) is 0.769. The van der Waals surface area contributed by atoms with Crippen LogP contribution in [0.2, 0.25) is 0 Å². The lowest BCUT2D eigenvalue weighted by Crippen LogP contribution is -2.43. The SMILES string of the molecule is CCN(CC1CCOC1)C(=O)NC(C)c1nncn1C. The number of rotatable bonds is 5. The second-order valence-electron chi connectivity index (χ2n) is 5.24. The fourth-order valence-electron chi connectivity index (χ4n) is 2.42. The molecule has 1 aromatic rings. The zero-order valence-electron chi connectivity index (χ0n) is 12.4. The van der Waals surface area contributed by atoms with Crippen LogP contribution in [0.1, 0.15) is 32.1 Å². The lowest BCUT2D eigenvalue weighted by atomic mass is 10.1. The highest BCUT2D eigenvalue weighted by molar-refractivity contribution is 5.74. The molecule has 1 aliphatic heterocycles. The average molecular weight is 281 g/mol. The summed E-state index contributed by atoms with van der Waals surface area (Å²) in [6, 6.07) is -0.223. The third kappa shape index (κ3) is 3.47. The van der Waals surface area contributed by atoms with Gasteiger partial charge in [0.1, 0.15) is 6.33 Å². The number of aryl methyl sites for hydroxylation is 1. The summed E-state index contributed by atoms with van der Waals surface area (Å²) in [4.78, 5) is 14.1. The van der Waals surface area contributed by atoms with Gasteiger partial charge in [-0.2, -0.15) is 0 Å². The van der Waals surface area contributed by atoms with Crippen LogP contribution in [0.5, 0.6) is 0 Å². The van der Waals surface area contributed by atoms with Crippen molar-refractivity contribution in [3.05, 3.63) is 12.2 Å². The van der Waals surface area contributed by atoms with Crippen LogP contribution in [0.4, 0.5) is 4.79 Å². The number of carbonyl (C=O) groups is 1. The Bertz CT molecular complexity index is 442. The van der Waals surface area contributed by atoms with Crippen molar-refractivity contribution in [2.75, 3.05) is 26.3 Å². The predicted octanol–water partition coefficient (Wildman–Crippen LogP) is 0.944. The molecule has 0 spiro atoms. The second-order valence-corrected chi connectivity index (χ2v) is 5.24. The van der Waals surface area contributed by atoms with E-state index in [4.69, 9.17) is 4.74 Å². The van der Waals surface area contributed by atoms with E-state index in [0.29, 0.717) is 12.5 Å². The monoisotopic (exact) mass is 281 g/mol. The van der Waals surface area contributed by atoms with E-state index in [1.54, 1.807) is 6.33 Å². The lowest BCUT2D eigenvalue weighted by molar-refractivity contribution is 0.165. The van der Waals surface area contributed by atoms with E-state index in [9.17, 15) is 4.79 Å². The molecule has 0 bridgehead atoms. The quantitative estimate of drug-likeness (QED) is 0.872. The van der Waals surface area contributed by atoms with E-state index in [1.165, 1.54) is 0 Å². The predicted molar refractivity (Wildman–Crippen MR) is 74.1 cm³/mol. The van der Waals surface area contributed by atoms with Crippen LogP contribution in [0, 0.1) is 5.92 Å². The molecule has 1 aliphatic rings. The van der Waals surface area contributed by atoms with Crippen LogP contribution in [0.3, 0.4) is 0 Å². The smallest absolute Gasteiger partial charge is 0.317 e. The molecular formula is C13H23N5O2. The summed E-state index contributed by atoms with van der Waals surface area (Å²) in [6.45, 7) is 6.89. The zero-order chi connectivity index (χ0) is 14.5. The molecular weight excluding hydrogens is 258 g/mol. The summed E-state index contributed by atoms with van der Waals surface area (Å²) in [5.41, 5.74) is 0. The van der Waals surface area contributed by atoms with Gasteiger partial charge in [-0.05, 0) is 20.3 Å². The highest BCUT2D eigenvalue weighted by Gasteiger charge is 2.23. The number of aromatic nitrogens is 3. The Morgan fingerprint density at radius 3 is 3.05 bits per heavy atom. The minimum atomic E-state index is -0.163. The summed E-state index contributed by atoms with van der Waals surface area (Å²) in [7, 11) is 1.87. The number of ether oxygens (including phenoxy) is 1. The minimum Gasteiger partial charge on any atom is -0.381 e. The Morgan fingerprint density at radius 2 is 2.50 bits per heavy atom. The van der Waals surface area contributed by atoms with Crippen molar-refractivity contribution < 1.29 is 9.53 Å². The summed E-state index contributed by atoms with van der Waals surface area (Å²) < 4.78 is 7.17. The molecule has 112 valence electrons. The second kappa shape index (κ2) is 6.69. The molecule has 2 rings (SSSR count). The normalized spacial score (nSPS) is 19.9. The van der Waals surface area contributed by atoms with Gasteiger partial charge in [0.2, 0.25) is 0 Å². The van der Waals surface area contributed by atoms with Crippen LogP contribution >= 0.6 is 0 Å². The lowest BCUT2D eigenvalue weighted by Gasteiger charge is -2.25. The third-order valence-corrected chi connectivity index (χ3v) is 3.65. The Hall–Kier alpha value is -1.63. The number of nitrogens with one attached hydrogen (secondary N) is 1. The minimum absolute atomic E-state index is 0.0603. The van der Waals surface area contributed by atoms with Gasteiger partial charge in [-0.3, -0.25) is 0 Å². The van der Waals surface area contributed by atoms with Gasteiger partial charge in [0.25, 0.3) is 0 Å². The maximum absolute atomic E-state index is 12.3. The number of carbonyl (C=O) groups excluding carboxylic acids is 1. The molecule has 2 unspecified atom stereocenters. The molecule has 0 saturated carbocycles. The molecule has 2 atom stereocenters. The van der Waals surface area contributed by atoms with Crippen molar-refractivity contribution in [3.8, 4) is 0 Å². The first-order chi connectivity index (χ1) is 9.61. The number of hydrogen-bond acceptors (Lipinski definition) is 4. The highest BCUT2D eigenvalue weighted by atomic mass is 16.5. The van der Waals surface area contributed by atoms with Crippen LogP contribution in [0.15, 0.2) is 6.33 Å². The topological polar surface area (TPSA) is 72.3 Å². The number of amides is 2. The van der Waals surface area contributed by atoms with E-state index in [2.05, 4.69) is 15.5 Å². The van der Waals surface area contributed by atoms with Gasteiger partial charge in [0.05, 0.1) is 12.6 Å². The van der Waals surface area contributed by atoms with Crippen molar-refractivity contribution in [2.45, 2.75) is 26.3 Å². The first-order valence-electron chi connectivity index (χ1n) is 7.08. The number of urea groups is 1. The van der Waals surface area contributed by atoms with Crippen LogP contribution in [-0.2, 0) is 11.8 Å². The van der Waals surface area contributed by atoms with Crippen molar-refractivity contribution in [3.63, 3.8) is 0 Å². The Morgan fingerprint density at radius 1 is 1.70 bits per heavy atom. The Kier molecular flexibility index (Phi) is 4.94. The van der Waals surface area contributed by atoms with Crippen LogP contribution < -0.4 is 5.32 Å². The zero-order valence-corrected chi connectivity index (χ0v) is 12.4. The maximum atomic E-state index is 12.3. The van der Waals surface area contributed by atoms with E-state index in [0.717, 1.165) is 32.0 Å². The molecule has 1 fully saturated rings. The average Bonchev–Trinajstić information content (AvgIpc) is 3.06. The summed E-state index contributed by atoms with van der Waals surface area (Å²) in [6.07, 6.45) is 2.66. The molecule has 2 heterocycles. The Labute approximate surface area is 119 Å². The van der Waals surface area contributed by atoms with Gasteiger partial charge in [0.15, 0.2) is 5.82 Å². The van der Waals surface area contributed by atoms with E-state index >= 15 is 0 Å². The molecule has 7 nitrogen and oxygen atoms in total. The van der Waals surface area contributed by atoms with Gasteiger partial charge < -0.3 is 19.5 Å². The van der Waals surface area contributed by atoms with Crippen molar-refractivity contribution in [2.24, 2.45) is 13.0 Å². The molecule has 0 aromatic carbocycles. The molecule has 0 radical (unpaired) electrons. The standard InChI is InChI=1S/C13H23N5O2/c1-4-18(7-11-5-6-20-8-11)13(19)15-10(2)12-16-14-9-17(12)3/h9-11H,4-8H2,1-3H3,(H,15,19). The first-order valence-corrected chi connectivity index (χ1v) is 7.08. The molecule has 1 N–H and O–H groups in total. The molecule has 7 heteroatoms. The van der Waals surface area contributed by atoms with Gasteiger partial charge in [0, 0.05) is 32.7 Å². The van der Waals surface area contributed by atoms with E-state index in [1.807, 2.05) is 30.4 Å². The van der Waals surface area contributed by atoms with Crippen LogP contribution in [0.25, 0.3) is 0 Å². The number of nitrogens with zero attached hydrogens (tertiary/aromatic N) is 4. The van der Waals surface area contributed by atoms with Gasteiger partial charge >= 0.3 is 6.03 Å². The first kappa shape index (κ1) is 14.8. The van der Waals surface area contributed by atoms with Gasteiger partial charge in [-0.15, -0.1) is 10.2 Å². The largest absolute Gasteiger partial charge is 0.381 e. The molecule has 1 aromatic heterocycles. The fourth-order valence-corrected chi connectivity index (χ4v) is 2.42. The maximum Gasteiger partial charge on any atom is 0.317 e. The molecule has 2 amide bonds. The summed E-state index contributed by atoms with van der Waals surface area (Å²) in [5.74, 6) is 1.20. The number of hydrogen-bond donors (Lipinski definition) is 1. The van der Waals surface area contributed by atoms with Crippen molar-refractivity contribution in [1.82, 2.24) is 25.0 Å². The molecule has 20 heavy (non-hydrogen) atoms. The van der Waals surface area contributed by atoms with Gasteiger partial charge in [-0.25, -0.2) is 4.79 Å². The summed E-state index contributed by atoms with van der Waals surface area (Å²) in [5, 5.41) is 10.8. The van der Waals surface area contributed by atoms with E-state index < -0.39 is 0 Å².